The summed E-state index contributed by atoms with van der Waals surface area (Å²) in [7, 11) is 0. The average molecular weight is 435 g/mol. The topological polar surface area (TPSA) is 0 Å². The molecule has 4 aromatic rings. The van der Waals surface area contributed by atoms with Gasteiger partial charge in [0.05, 0.1) is 0 Å². The van der Waals surface area contributed by atoms with E-state index in [2.05, 4.69) is 111 Å². The van der Waals surface area contributed by atoms with E-state index in [0.29, 0.717) is 0 Å². The van der Waals surface area contributed by atoms with E-state index in [1.165, 1.54) is 70.2 Å². The van der Waals surface area contributed by atoms with Crippen molar-refractivity contribution in [3.63, 3.8) is 0 Å². The Labute approximate surface area is 197 Å². The molecule has 1 aliphatic carbocycles. The summed E-state index contributed by atoms with van der Waals surface area (Å²) in [5.74, 6) is 0. The summed E-state index contributed by atoms with van der Waals surface area (Å²) in [6, 6.07) is 33.5. The lowest BCUT2D eigenvalue weighted by atomic mass is 9.71. The van der Waals surface area contributed by atoms with Gasteiger partial charge in [-0.3, -0.25) is 0 Å². The summed E-state index contributed by atoms with van der Waals surface area (Å²) in [5.41, 5.74) is 11.0. The van der Waals surface area contributed by atoms with Gasteiger partial charge >= 0.3 is 0 Å². The van der Waals surface area contributed by atoms with Gasteiger partial charge in [0.2, 0.25) is 0 Å². The van der Waals surface area contributed by atoms with Crippen molar-refractivity contribution >= 4 is 12.6 Å². The smallest absolute Gasteiger partial charge is 0.0215 e. The highest BCUT2D eigenvalue weighted by Crippen LogP contribution is 2.55. The Balaban J connectivity index is 1.72. The van der Waals surface area contributed by atoms with Gasteiger partial charge in [0.25, 0.3) is 0 Å². The van der Waals surface area contributed by atoms with Crippen LogP contribution in [0.4, 0.5) is 0 Å². The zero-order valence-electron chi connectivity index (χ0n) is 18.9. The van der Waals surface area contributed by atoms with Gasteiger partial charge in [-0.2, -0.15) is 0 Å². The van der Waals surface area contributed by atoms with Gasteiger partial charge in [-0.15, -0.1) is 12.6 Å². The summed E-state index contributed by atoms with van der Waals surface area (Å²) in [6.45, 7) is 4.65. The number of benzene rings is 4. The molecule has 0 atom stereocenters. The third-order valence-corrected chi connectivity index (χ3v) is 7.28. The minimum Gasteiger partial charge on any atom is -0.143 e. The zero-order chi connectivity index (χ0) is 22.1. The number of hydrogen-bond acceptors (Lipinski definition) is 1. The van der Waals surface area contributed by atoms with Crippen LogP contribution in [0.3, 0.4) is 0 Å². The lowest BCUT2D eigenvalue weighted by Crippen LogP contribution is -2.25. The molecule has 1 aliphatic rings. The zero-order valence-corrected chi connectivity index (χ0v) is 19.8. The minimum absolute atomic E-state index is 0.0769. The van der Waals surface area contributed by atoms with Crippen LogP contribution in [0.15, 0.2) is 95.9 Å². The molecule has 0 unspecified atom stereocenters. The van der Waals surface area contributed by atoms with Crippen molar-refractivity contribution in [2.75, 3.05) is 0 Å². The second-order valence-electron chi connectivity index (χ2n) is 9.02. The highest BCUT2D eigenvalue weighted by Gasteiger charge is 2.42. The second-order valence-corrected chi connectivity index (χ2v) is 9.54. The molecule has 160 valence electrons. The Morgan fingerprint density at radius 2 is 1.09 bits per heavy atom. The maximum atomic E-state index is 4.57. The van der Waals surface area contributed by atoms with Gasteiger partial charge in [0.15, 0.2) is 0 Å². The molecule has 0 aliphatic heterocycles. The molecule has 4 aromatic carbocycles. The van der Waals surface area contributed by atoms with Crippen LogP contribution in [-0.2, 0) is 5.41 Å². The molecule has 0 aromatic heterocycles. The normalized spacial score (nSPS) is 13.6. The van der Waals surface area contributed by atoms with E-state index in [4.69, 9.17) is 0 Å². The fourth-order valence-electron chi connectivity index (χ4n) is 5.69. The maximum absolute atomic E-state index is 4.57. The van der Waals surface area contributed by atoms with Crippen molar-refractivity contribution < 1.29 is 0 Å². The predicted molar refractivity (Wildman–Crippen MR) is 141 cm³/mol. The molecule has 0 heterocycles. The van der Waals surface area contributed by atoms with Crippen LogP contribution in [0.1, 0.15) is 50.7 Å². The summed E-state index contributed by atoms with van der Waals surface area (Å²) < 4.78 is 0. The standard InChI is InChI=1S/C31H30S/c1-3-17-31(18-4-2)29-20-24(22-9-6-5-7-10-22)13-15-27(29)28-16-14-25(21-30(28)31)23-11-8-12-26(32)19-23/h5-16,19-21,32H,3-4,17-18H2,1-2H3. The number of rotatable bonds is 6. The minimum atomic E-state index is 0.0769. The van der Waals surface area contributed by atoms with Crippen molar-refractivity contribution in [3.8, 4) is 33.4 Å². The van der Waals surface area contributed by atoms with Crippen molar-refractivity contribution in [1.82, 2.24) is 0 Å². The van der Waals surface area contributed by atoms with Crippen molar-refractivity contribution in [1.29, 1.82) is 0 Å². The van der Waals surface area contributed by atoms with Crippen LogP contribution in [-0.4, -0.2) is 0 Å². The average Bonchev–Trinajstić information content (AvgIpc) is 3.09. The van der Waals surface area contributed by atoms with Gasteiger partial charge in [-0.1, -0.05) is 93.4 Å². The van der Waals surface area contributed by atoms with E-state index < -0.39 is 0 Å². The molecular weight excluding hydrogens is 404 g/mol. The molecular formula is C31H30S. The van der Waals surface area contributed by atoms with Crippen LogP contribution >= 0.6 is 12.6 Å². The molecule has 0 bridgehead atoms. The highest BCUT2D eigenvalue weighted by atomic mass is 32.1. The predicted octanol–water partition coefficient (Wildman–Crippen LogP) is 9.18. The van der Waals surface area contributed by atoms with E-state index in [9.17, 15) is 0 Å². The molecule has 0 spiro atoms. The second kappa shape index (κ2) is 8.64. The van der Waals surface area contributed by atoms with Crippen LogP contribution in [0.5, 0.6) is 0 Å². The van der Waals surface area contributed by atoms with Crippen LogP contribution in [0, 0.1) is 0 Å². The van der Waals surface area contributed by atoms with Crippen molar-refractivity contribution in [3.05, 3.63) is 102 Å². The quantitative estimate of drug-likeness (QED) is 0.287. The third kappa shape index (κ3) is 3.49. The van der Waals surface area contributed by atoms with E-state index in [1.807, 2.05) is 6.07 Å². The number of hydrogen-bond donors (Lipinski definition) is 1. The Hall–Kier alpha value is -2.77. The molecule has 0 radical (unpaired) electrons. The van der Waals surface area contributed by atoms with Gasteiger partial charge in [-0.25, -0.2) is 0 Å². The molecule has 5 rings (SSSR count). The largest absolute Gasteiger partial charge is 0.143 e. The maximum Gasteiger partial charge on any atom is 0.0215 e. The molecule has 32 heavy (non-hydrogen) atoms. The van der Waals surface area contributed by atoms with Crippen LogP contribution < -0.4 is 0 Å². The van der Waals surface area contributed by atoms with E-state index in [-0.39, 0.29) is 5.41 Å². The Morgan fingerprint density at radius 1 is 0.562 bits per heavy atom. The summed E-state index contributed by atoms with van der Waals surface area (Å²) in [5, 5.41) is 0. The molecule has 0 amide bonds. The lowest BCUT2D eigenvalue weighted by Gasteiger charge is -2.32. The first kappa shape index (κ1) is 21.1. The number of fused-ring (bicyclic) bond motifs is 3. The van der Waals surface area contributed by atoms with Crippen LogP contribution in [0.2, 0.25) is 0 Å². The van der Waals surface area contributed by atoms with E-state index in [1.54, 1.807) is 0 Å². The fraction of sp³-hybridized carbons (Fsp3) is 0.226. The molecule has 0 N–H and O–H groups in total. The van der Waals surface area contributed by atoms with E-state index >= 15 is 0 Å². The molecule has 0 saturated carbocycles. The first-order chi connectivity index (χ1) is 15.7. The Bertz CT molecular complexity index is 1250. The van der Waals surface area contributed by atoms with E-state index in [0.717, 1.165) is 4.90 Å². The van der Waals surface area contributed by atoms with Crippen molar-refractivity contribution in [2.24, 2.45) is 0 Å². The fourth-order valence-corrected chi connectivity index (χ4v) is 5.91. The summed E-state index contributed by atoms with van der Waals surface area (Å²) in [6.07, 6.45) is 4.69. The monoisotopic (exact) mass is 434 g/mol. The van der Waals surface area contributed by atoms with Gasteiger partial charge in [0, 0.05) is 10.3 Å². The van der Waals surface area contributed by atoms with Crippen LogP contribution in [0.25, 0.3) is 33.4 Å². The third-order valence-electron chi connectivity index (χ3n) is 7.00. The van der Waals surface area contributed by atoms with Gasteiger partial charge < -0.3 is 0 Å². The first-order valence-corrected chi connectivity index (χ1v) is 12.3. The lowest BCUT2D eigenvalue weighted by molar-refractivity contribution is 0.436. The first-order valence-electron chi connectivity index (χ1n) is 11.8. The Kier molecular flexibility index (Phi) is 5.69. The summed E-state index contributed by atoms with van der Waals surface area (Å²) >= 11 is 4.57. The molecule has 0 nitrogen and oxygen atoms in total. The Morgan fingerprint density at radius 3 is 1.66 bits per heavy atom. The van der Waals surface area contributed by atoms with Crippen molar-refractivity contribution in [2.45, 2.75) is 49.8 Å². The van der Waals surface area contributed by atoms with Gasteiger partial charge in [-0.05, 0) is 81.6 Å². The number of thiol groups is 1. The highest BCUT2D eigenvalue weighted by molar-refractivity contribution is 7.80. The molecule has 0 fully saturated rings. The van der Waals surface area contributed by atoms with Gasteiger partial charge in [0.1, 0.15) is 0 Å². The SMILES string of the molecule is CCCC1(CCC)c2cc(-c3ccccc3)ccc2-c2ccc(-c3cccc(S)c3)cc21. The molecule has 1 heteroatoms. The molecule has 0 saturated heterocycles. The summed E-state index contributed by atoms with van der Waals surface area (Å²) in [4.78, 5) is 1.01.